The van der Waals surface area contributed by atoms with E-state index in [9.17, 15) is 0 Å². The van der Waals surface area contributed by atoms with Gasteiger partial charge < -0.3 is 4.43 Å². The summed E-state index contributed by atoms with van der Waals surface area (Å²) in [7, 11) is -1.61. The number of rotatable bonds is 9. The van der Waals surface area contributed by atoms with Crippen LogP contribution in [0.4, 0.5) is 0 Å². The van der Waals surface area contributed by atoms with Gasteiger partial charge in [-0.05, 0) is 25.9 Å². The van der Waals surface area contributed by atoms with E-state index in [1.807, 2.05) is 0 Å². The molecule has 0 aromatic rings. The predicted octanol–water partition coefficient (Wildman–Crippen LogP) is 4.74. The fourth-order valence-electron chi connectivity index (χ4n) is 1.91. The Balaban J connectivity index is 4.30. The van der Waals surface area contributed by atoms with E-state index in [1.165, 1.54) is 37.8 Å². The summed E-state index contributed by atoms with van der Waals surface area (Å²) in [6.45, 7) is 8.74. The minimum Gasteiger partial charge on any atom is -0.413 e. The molecule has 0 aliphatic heterocycles. The van der Waals surface area contributed by atoms with Gasteiger partial charge in [0.2, 0.25) is 8.32 Å². The topological polar surface area (TPSA) is 9.23 Å². The lowest BCUT2D eigenvalue weighted by molar-refractivity contribution is 0.225. The molecule has 0 amide bonds. The third-order valence-electron chi connectivity index (χ3n) is 2.70. The smallest absolute Gasteiger partial charge is 0.207 e. The van der Waals surface area contributed by atoms with E-state index in [1.54, 1.807) is 0 Å². The van der Waals surface area contributed by atoms with Crippen molar-refractivity contribution in [3.63, 3.8) is 0 Å². The van der Waals surface area contributed by atoms with E-state index in [0.717, 1.165) is 5.50 Å². The molecule has 0 bridgehead atoms. The van der Waals surface area contributed by atoms with E-state index in [4.69, 9.17) is 16.0 Å². The van der Waals surface area contributed by atoms with Crippen molar-refractivity contribution < 1.29 is 4.43 Å². The molecule has 0 unspecified atom stereocenters. The monoisotopic (exact) mass is 250 g/mol. The lowest BCUT2D eigenvalue weighted by Gasteiger charge is -2.31. The maximum atomic E-state index is 6.20. The van der Waals surface area contributed by atoms with Crippen LogP contribution in [0.2, 0.25) is 12.1 Å². The average Bonchev–Trinajstić information content (AvgIpc) is 2.22. The van der Waals surface area contributed by atoms with Gasteiger partial charge in [0.15, 0.2) is 0 Å². The second-order valence-electron chi connectivity index (χ2n) is 4.69. The van der Waals surface area contributed by atoms with Gasteiger partial charge in [-0.3, -0.25) is 0 Å². The van der Waals surface area contributed by atoms with Crippen molar-refractivity contribution >= 4 is 19.9 Å². The van der Waals surface area contributed by atoms with Crippen LogP contribution in [-0.2, 0) is 4.43 Å². The highest BCUT2D eigenvalue weighted by Gasteiger charge is 2.33. The Bertz CT molecular complexity index is 143. The highest BCUT2D eigenvalue weighted by molar-refractivity contribution is 6.80. The van der Waals surface area contributed by atoms with Crippen LogP contribution in [0.25, 0.3) is 0 Å². The first-order valence-corrected chi connectivity index (χ1v) is 9.40. The molecule has 1 nitrogen and oxygen atoms in total. The van der Waals surface area contributed by atoms with Crippen molar-refractivity contribution in [3.8, 4) is 0 Å². The van der Waals surface area contributed by atoms with Crippen molar-refractivity contribution in [2.45, 2.75) is 71.6 Å². The van der Waals surface area contributed by atoms with Crippen molar-refractivity contribution in [1.29, 1.82) is 0 Å². The van der Waals surface area contributed by atoms with E-state index < -0.39 is 8.32 Å². The fourth-order valence-corrected chi connectivity index (χ4v) is 6.71. The number of halogens is 1. The first-order chi connectivity index (χ1) is 7.10. The Morgan fingerprint density at radius 3 is 1.80 bits per heavy atom. The number of unbranched alkanes of at least 4 members (excludes halogenated alkanes) is 2. The molecular weight excluding hydrogens is 224 g/mol. The van der Waals surface area contributed by atoms with Gasteiger partial charge in [0, 0.05) is 11.6 Å². The summed E-state index contributed by atoms with van der Waals surface area (Å²) in [6.07, 6.45) is 5.38. The molecule has 0 aliphatic rings. The van der Waals surface area contributed by atoms with Crippen LogP contribution >= 0.6 is 11.6 Å². The number of alkyl halides is 1. The summed E-state index contributed by atoms with van der Waals surface area (Å²) in [5.74, 6) is 0. The molecule has 0 rings (SSSR count). The Labute approximate surface area is 102 Å². The Morgan fingerprint density at radius 1 is 1.07 bits per heavy atom. The SMILES string of the molecule is CCCC[Si](CCl)(CCCC)OC(C)C. The van der Waals surface area contributed by atoms with Crippen molar-refractivity contribution in [2.75, 3.05) is 5.50 Å². The molecule has 0 aromatic carbocycles. The first kappa shape index (κ1) is 15.5. The molecule has 0 saturated heterocycles. The van der Waals surface area contributed by atoms with Gasteiger partial charge in [-0.1, -0.05) is 39.5 Å². The molecule has 3 heteroatoms. The molecule has 92 valence electrons. The zero-order valence-corrected chi connectivity index (χ0v) is 12.6. The van der Waals surface area contributed by atoms with Crippen LogP contribution < -0.4 is 0 Å². The summed E-state index contributed by atoms with van der Waals surface area (Å²) in [4.78, 5) is 0. The number of hydrogen-bond acceptors (Lipinski definition) is 1. The van der Waals surface area contributed by atoms with Crippen molar-refractivity contribution in [3.05, 3.63) is 0 Å². The van der Waals surface area contributed by atoms with Crippen LogP contribution in [-0.4, -0.2) is 19.9 Å². The van der Waals surface area contributed by atoms with Gasteiger partial charge in [-0.15, -0.1) is 11.6 Å². The lowest BCUT2D eigenvalue weighted by atomic mass is 10.4. The van der Waals surface area contributed by atoms with E-state index >= 15 is 0 Å². The van der Waals surface area contributed by atoms with Crippen LogP contribution in [0.3, 0.4) is 0 Å². The van der Waals surface area contributed by atoms with E-state index in [0.29, 0.717) is 6.10 Å². The highest BCUT2D eigenvalue weighted by Crippen LogP contribution is 2.26. The van der Waals surface area contributed by atoms with Crippen LogP contribution in [0.1, 0.15) is 53.4 Å². The van der Waals surface area contributed by atoms with Gasteiger partial charge in [-0.2, -0.15) is 0 Å². The zero-order chi connectivity index (χ0) is 11.7. The summed E-state index contributed by atoms with van der Waals surface area (Å²) in [5.41, 5.74) is 0.769. The lowest BCUT2D eigenvalue weighted by Crippen LogP contribution is -2.43. The molecule has 0 spiro atoms. The molecule has 0 radical (unpaired) electrons. The molecule has 0 aromatic heterocycles. The maximum Gasteiger partial charge on any atom is 0.207 e. The molecule has 0 fully saturated rings. The zero-order valence-electron chi connectivity index (χ0n) is 10.8. The van der Waals surface area contributed by atoms with Gasteiger partial charge >= 0.3 is 0 Å². The maximum absolute atomic E-state index is 6.20. The second kappa shape index (κ2) is 8.60. The standard InChI is InChI=1S/C12H27ClOSi/c1-5-7-9-15(11-13,10-8-6-2)14-12(3)4/h12H,5-11H2,1-4H3. The predicted molar refractivity (Wildman–Crippen MR) is 72.1 cm³/mol. The van der Waals surface area contributed by atoms with E-state index in [2.05, 4.69) is 27.7 Å². The Morgan fingerprint density at radius 2 is 1.53 bits per heavy atom. The third kappa shape index (κ3) is 6.59. The summed E-state index contributed by atoms with van der Waals surface area (Å²) < 4.78 is 6.20. The highest BCUT2D eigenvalue weighted by atomic mass is 35.5. The molecular formula is C12H27ClOSi. The van der Waals surface area contributed by atoms with Gasteiger partial charge in [0.05, 0.1) is 0 Å². The minimum atomic E-state index is -1.61. The molecule has 0 N–H and O–H groups in total. The van der Waals surface area contributed by atoms with Crippen LogP contribution in [0, 0.1) is 0 Å². The largest absolute Gasteiger partial charge is 0.413 e. The molecule has 0 saturated carbocycles. The minimum absolute atomic E-state index is 0.337. The van der Waals surface area contributed by atoms with Crippen molar-refractivity contribution in [2.24, 2.45) is 0 Å². The fraction of sp³-hybridized carbons (Fsp3) is 1.00. The van der Waals surface area contributed by atoms with Crippen LogP contribution in [0.15, 0.2) is 0 Å². The van der Waals surface area contributed by atoms with Crippen LogP contribution in [0.5, 0.6) is 0 Å². The quantitative estimate of drug-likeness (QED) is 0.425. The summed E-state index contributed by atoms with van der Waals surface area (Å²) in [5, 5.41) is 0. The molecule has 0 heterocycles. The van der Waals surface area contributed by atoms with Crippen molar-refractivity contribution in [1.82, 2.24) is 0 Å². The van der Waals surface area contributed by atoms with Gasteiger partial charge in [-0.25, -0.2) is 0 Å². The van der Waals surface area contributed by atoms with Gasteiger partial charge in [0.25, 0.3) is 0 Å². The number of hydrogen-bond donors (Lipinski definition) is 0. The molecule has 0 atom stereocenters. The van der Waals surface area contributed by atoms with Gasteiger partial charge in [0.1, 0.15) is 0 Å². The Kier molecular flexibility index (Phi) is 8.87. The average molecular weight is 251 g/mol. The summed E-state index contributed by atoms with van der Waals surface area (Å²) in [6, 6.07) is 2.48. The first-order valence-electron chi connectivity index (χ1n) is 6.34. The van der Waals surface area contributed by atoms with E-state index in [-0.39, 0.29) is 0 Å². The third-order valence-corrected chi connectivity index (χ3v) is 8.15. The summed E-state index contributed by atoms with van der Waals surface area (Å²) >= 11 is 6.18. The molecule has 0 aliphatic carbocycles. The normalized spacial score (nSPS) is 12.4. The Hall–Kier alpha value is 0.467. The second-order valence-corrected chi connectivity index (χ2v) is 9.36. The molecule has 15 heavy (non-hydrogen) atoms.